The molecule has 2 atom stereocenters. The molecule has 0 amide bonds. The molecule has 1 rings (SSSR count). The summed E-state index contributed by atoms with van der Waals surface area (Å²) in [6.07, 6.45) is 0.787. The topological polar surface area (TPSA) is 37.0 Å². The van der Waals surface area contributed by atoms with Crippen LogP contribution in [0, 0.1) is 11.3 Å². The molecule has 1 aliphatic carbocycles. The highest BCUT2D eigenvalue weighted by atomic mass is 16.4. The molecular weight excluding hydrogens is 104 g/mol. The molecule has 45 valence electrons. The van der Waals surface area contributed by atoms with Crippen LogP contribution in [0.1, 0.15) is 20.3 Å². The molecule has 8 heavy (non-hydrogen) atoms. The summed E-state index contributed by atoms with van der Waals surface area (Å²) in [6, 6.07) is 0. The Labute approximate surface area is 48.5 Å². The first-order valence-corrected chi connectivity index (χ1v) is 2.79. The van der Waals surface area contributed by atoms with Crippen molar-refractivity contribution in [2.24, 2.45) is 11.3 Å². The van der Waals surface area contributed by atoms with Crippen LogP contribution in [0.5, 0.6) is 0 Å². The standard InChI is InChI=1S/C6H9O2/c1-4-3-6(4,2)5(7)8/h4H,3H2,1-2H3. The maximum Gasteiger partial charge on any atom is 0.361 e. The fourth-order valence-electron chi connectivity index (χ4n) is 0.862. The van der Waals surface area contributed by atoms with Crippen molar-refractivity contribution in [3.8, 4) is 0 Å². The summed E-state index contributed by atoms with van der Waals surface area (Å²) in [5, 5.41) is 10.2. The largest absolute Gasteiger partial charge is 0.361 e. The Kier molecular flexibility index (Phi) is 0.872. The van der Waals surface area contributed by atoms with E-state index in [1.807, 2.05) is 6.92 Å². The van der Waals surface area contributed by atoms with Gasteiger partial charge in [-0.15, -0.1) is 0 Å². The minimum absolute atomic E-state index is 0.326. The van der Waals surface area contributed by atoms with Crippen LogP contribution in [0.3, 0.4) is 0 Å². The van der Waals surface area contributed by atoms with Crippen molar-refractivity contribution >= 4 is 5.97 Å². The Morgan fingerprint density at radius 1 is 1.75 bits per heavy atom. The predicted octanol–water partition coefficient (Wildman–Crippen LogP) is 0.990. The zero-order chi connectivity index (χ0) is 6.36. The van der Waals surface area contributed by atoms with E-state index in [9.17, 15) is 9.90 Å². The smallest absolute Gasteiger partial charge is 0.247 e. The molecule has 0 aromatic heterocycles. The Balaban J connectivity index is 2.60. The van der Waals surface area contributed by atoms with Gasteiger partial charge >= 0.3 is 5.97 Å². The third-order valence-corrected chi connectivity index (χ3v) is 2.12. The average molecular weight is 113 g/mol. The van der Waals surface area contributed by atoms with Gasteiger partial charge in [-0.2, -0.15) is 0 Å². The van der Waals surface area contributed by atoms with Crippen LogP contribution in [0.25, 0.3) is 0 Å². The molecular formula is C6H9O2. The van der Waals surface area contributed by atoms with Crippen LogP contribution in [0.15, 0.2) is 0 Å². The van der Waals surface area contributed by atoms with Gasteiger partial charge in [-0.3, -0.25) is 0 Å². The lowest BCUT2D eigenvalue weighted by Gasteiger charge is -1.94. The first-order chi connectivity index (χ1) is 3.57. The van der Waals surface area contributed by atoms with Crippen LogP contribution in [0.2, 0.25) is 0 Å². The molecule has 0 aromatic carbocycles. The maximum absolute atomic E-state index is 10.2. The summed E-state index contributed by atoms with van der Waals surface area (Å²) >= 11 is 0. The van der Waals surface area contributed by atoms with Crippen LogP contribution < -0.4 is 0 Å². The predicted molar refractivity (Wildman–Crippen MR) is 27.6 cm³/mol. The van der Waals surface area contributed by atoms with Crippen molar-refractivity contribution in [3.63, 3.8) is 0 Å². The molecule has 0 bridgehead atoms. The van der Waals surface area contributed by atoms with Gasteiger partial charge in [0, 0.05) is 0 Å². The van der Waals surface area contributed by atoms with Gasteiger partial charge in [0.05, 0.1) is 5.41 Å². The molecule has 0 heterocycles. The summed E-state index contributed by atoms with van der Waals surface area (Å²) in [5.74, 6) is -0.572. The second kappa shape index (κ2) is 1.24. The molecule has 0 aromatic rings. The second-order valence-electron chi connectivity index (χ2n) is 2.81. The van der Waals surface area contributed by atoms with Crippen molar-refractivity contribution in [2.45, 2.75) is 20.3 Å². The van der Waals surface area contributed by atoms with E-state index in [0.29, 0.717) is 5.92 Å². The summed E-state index contributed by atoms with van der Waals surface area (Å²) in [5.41, 5.74) is -0.486. The van der Waals surface area contributed by atoms with Crippen molar-refractivity contribution in [1.29, 1.82) is 0 Å². The van der Waals surface area contributed by atoms with Crippen LogP contribution in [-0.4, -0.2) is 5.97 Å². The van der Waals surface area contributed by atoms with E-state index in [1.54, 1.807) is 6.92 Å². The first-order valence-electron chi connectivity index (χ1n) is 2.79. The van der Waals surface area contributed by atoms with Crippen molar-refractivity contribution in [1.82, 2.24) is 0 Å². The minimum Gasteiger partial charge on any atom is -0.247 e. The van der Waals surface area contributed by atoms with Gasteiger partial charge in [0.15, 0.2) is 0 Å². The normalized spacial score (nSPS) is 44.0. The minimum atomic E-state index is -0.898. The third-order valence-electron chi connectivity index (χ3n) is 2.12. The van der Waals surface area contributed by atoms with E-state index in [0.717, 1.165) is 6.42 Å². The highest BCUT2D eigenvalue weighted by molar-refractivity contribution is 5.77. The second-order valence-corrected chi connectivity index (χ2v) is 2.81. The Morgan fingerprint density at radius 2 is 2.12 bits per heavy atom. The monoisotopic (exact) mass is 113 g/mol. The quantitative estimate of drug-likeness (QED) is 0.499. The van der Waals surface area contributed by atoms with Crippen LogP contribution >= 0.6 is 0 Å². The lowest BCUT2D eigenvalue weighted by molar-refractivity contribution is -0.149. The van der Waals surface area contributed by atoms with E-state index in [4.69, 9.17) is 0 Å². The summed E-state index contributed by atoms with van der Waals surface area (Å²) in [7, 11) is 0. The maximum atomic E-state index is 10.2. The van der Waals surface area contributed by atoms with Gasteiger partial charge in [-0.1, -0.05) is 6.92 Å². The van der Waals surface area contributed by atoms with Gasteiger partial charge < -0.3 is 0 Å². The molecule has 0 aliphatic heterocycles. The number of hydrogen-bond acceptors (Lipinski definition) is 1. The molecule has 2 unspecified atom stereocenters. The van der Waals surface area contributed by atoms with Gasteiger partial charge in [0.1, 0.15) is 0 Å². The summed E-state index contributed by atoms with van der Waals surface area (Å²) < 4.78 is 0. The van der Waals surface area contributed by atoms with E-state index in [-0.39, 0.29) is 0 Å². The Hall–Kier alpha value is -0.530. The lowest BCUT2D eigenvalue weighted by Crippen LogP contribution is -2.09. The van der Waals surface area contributed by atoms with Gasteiger partial charge in [0.2, 0.25) is 0 Å². The molecule has 1 saturated carbocycles. The average Bonchev–Trinajstić information content (AvgIpc) is 2.17. The number of carbonyl (C=O) groups excluding carboxylic acids is 1. The molecule has 0 saturated heterocycles. The van der Waals surface area contributed by atoms with Crippen molar-refractivity contribution in [3.05, 3.63) is 0 Å². The zero-order valence-electron chi connectivity index (χ0n) is 5.10. The summed E-state index contributed by atoms with van der Waals surface area (Å²) in [4.78, 5) is 10.2. The Bertz CT molecular complexity index is 130. The summed E-state index contributed by atoms with van der Waals surface area (Å²) in [6.45, 7) is 3.66. The van der Waals surface area contributed by atoms with Crippen molar-refractivity contribution in [2.75, 3.05) is 0 Å². The highest BCUT2D eigenvalue weighted by Crippen LogP contribution is 2.51. The zero-order valence-corrected chi connectivity index (χ0v) is 5.10. The fourth-order valence-corrected chi connectivity index (χ4v) is 0.862. The Morgan fingerprint density at radius 3 is 2.12 bits per heavy atom. The van der Waals surface area contributed by atoms with Crippen molar-refractivity contribution < 1.29 is 9.90 Å². The molecule has 2 heteroatoms. The van der Waals surface area contributed by atoms with Crippen LogP contribution in [0.4, 0.5) is 0 Å². The molecule has 0 spiro atoms. The van der Waals surface area contributed by atoms with E-state index in [1.165, 1.54) is 0 Å². The highest BCUT2D eigenvalue weighted by Gasteiger charge is 2.54. The SMILES string of the molecule is CC1CC1(C)C([O])=O. The van der Waals surface area contributed by atoms with Crippen LogP contribution in [-0.2, 0) is 9.90 Å². The van der Waals surface area contributed by atoms with E-state index in [2.05, 4.69) is 0 Å². The molecule has 1 radical (unpaired) electrons. The molecule has 1 fully saturated rings. The van der Waals surface area contributed by atoms with Gasteiger partial charge in [-0.25, -0.2) is 9.90 Å². The first kappa shape index (κ1) is 5.60. The molecule has 0 N–H and O–H groups in total. The fraction of sp³-hybridized carbons (Fsp3) is 0.833. The van der Waals surface area contributed by atoms with Gasteiger partial charge in [0.25, 0.3) is 0 Å². The molecule has 2 nitrogen and oxygen atoms in total. The van der Waals surface area contributed by atoms with E-state index >= 15 is 0 Å². The molecule has 1 aliphatic rings. The third kappa shape index (κ3) is 0.522. The van der Waals surface area contributed by atoms with E-state index < -0.39 is 11.4 Å². The number of hydrogen-bond donors (Lipinski definition) is 0. The lowest BCUT2D eigenvalue weighted by atomic mass is 10.1. The number of rotatable bonds is 1. The number of carbonyl (C=O) groups is 1. The van der Waals surface area contributed by atoms with Gasteiger partial charge in [-0.05, 0) is 19.3 Å².